The summed E-state index contributed by atoms with van der Waals surface area (Å²) in [6.07, 6.45) is 7.89. The average molecular weight is 176 g/mol. The molecule has 0 amide bonds. The minimum atomic E-state index is 1.21. The van der Waals surface area contributed by atoms with Crippen LogP contribution in [-0.4, -0.2) is 18.1 Å². The van der Waals surface area contributed by atoms with E-state index in [2.05, 4.69) is 22.9 Å². The summed E-state index contributed by atoms with van der Waals surface area (Å²) in [6, 6.07) is 2.13. The zero-order valence-corrected chi connectivity index (χ0v) is 8.16. The number of nitrogens with zero attached hydrogens (tertiary/aromatic N) is 2. The highest BCUT2D eigenvalue weighted by atomic mass is 15.1. The fourth-order valence-electron chi connectivity index (χ4n) is 1.96. The minimum absolute atomic E-state index is 1.21. The van der Waals surface area contributed by atoms with E-state index in [9.17, 15) is 0 Å². The lowest BCUT2D eigenvalue weighted by molar-refractivity contribution is 0.577. The Kier molecular flexibility index (Phi) is 2.48. The summed E-state index contributed by atoms with van der Waals surface area (Å²) in [6.45, 7) is 4.56. The van der Waals surface area contributed by atoms with Crippen molar-refractivity contribution >= 4 is 5.69 Å². The zero-order valence-electron chi connectivity index (χ0n) is 8.16. The Labute approximate surface area is 79.6 Å². The molecule has 1 saturated heterocycles. The van der Waals surface area contributed by atoms with E-state index in [0.717, 1.165) is 0 Å². The number of pyridine rings is 1. The highest BCUT2D eigenvalue weighted by Crippen LogP contribution is 2.22. The number of piperidine rings is 1. The van der Waals surface area contributed by atoms with Crippen LogP contribution >= 0.6 is 0 Å². The van der Waals surface area contributed by atoms with Gasteiger partial charge in [-0.1, -0.05) is 0 Å². The van der Waals surface area contributed by atoms with Crippen LogP contribution < -0.4 is 4.90 Å². The van der Waals surface area contributed by atoms with E-state index >= 15 is 0 Å². The first kappa shape index (κ1) is 8.54. The maximum Gasteiger partial charge on any atom is 0.0426 e. The Bertz CT molecular complexity index is 277. The summed E-state index contributed by atoms with van der Waals surface area (Å²) in [5, 5.41) is 0. The molecule has 1 aromatic rings. The van der Waals surface area contributed by atoms with Crippen LogP contribution in [0.15, 0.2) is 18.5 Å². The number of anilines is 1. The molecular formula is C11H16N2. The van der Waals surface area contributed by atoms with Crippen molar-refractivity contribution in [3.63, 3.8) is 0 Å². The number of aryl methyl sites for hydroxylation is 1. The largest absolute Gasteiger partial charge is 0.371 e. The zero-order chi connectivity index (χ0) is 9.10. The first-order chi connectivity index (χ1) is 6.38. The molecule has 0 aromatic carbocycles. The first-order valence-corrected chi connectivity index (χ1v) is 5.03. The second-order valence-electron chi connectivity index (χ2n) is 3.71. The third-order valence-electron chi connectivity index (χ3n) is 2.69. The standard InChI is InChI=1S/C11H16N2/c1-10-9-12-6-5-11(10)13-7-3-2-4-8-13/h5-6,9H,2-4,7-8H2,1H3. The Hall–Kier alpha value is -1.05. The molecule has 0 unspecified atom stereocenters. The predicted molar refractivity (Wildman–Crippen MR) is 55.0 cm³/mol. The summed E-state index contributed by atoms with van der Waals surface area (Å²) in [5.74, 6) is 0. The predicted octanol–water partition coefficient (Wildman–Crippen LogP) is 2.38. The molecule has 0 N–H and O–H groups in total. The lowest BCUT2D eigenvalue weighted by Gasteiger charge is -2.29. The van der Waals surface area contributed by atoms with Gasteiger partial charge < -0.3 is 4.90 Å². The van der Waals surface area contributed by atoms with Crippen molar-refractivity contribution < 1.29 is 0 Å². The summed E-state index contributed by atoms with van der Waals surface area (Å²) in [4.78, 5) is 6.59. The minimum Gasteiger partial charge on any atom is -0.371 e. The molecule has 0 aliphatic carbocycles. The lowest BCUT2D eigenvalue weighted by atomic mass is 10.1. The van der Waals surface area contributed by atoms with Gasteiger partial charge in [0.15, 0.2) is 0 Å². The van der Waals surface area contributed by atoms with Gasteiger partial charge in [-0.25, -0.2) is 0 Å². The van der Waals surface area contributed by atoms with Crippen molar-refractivity contribution in [1.82, 2.24) is 4.98 Å². The van der Waals surface area contributed by atoms with Gasteiger partial charge in [-0.15, -0.1) is 0 Å². The molecular weight excluding hydrogens is 160 g/mol. The summed E-state index contributed by atoms with van der Waals surface area (Å²) < 4.78 is 0. The topological polar surface area (TPSA) is 16.1 Å². The molecule has 70 valence electrons. The van der Waals surface area contributed by atoms with Crippen LogP contribution in [0.5, 0.6) is 0 Å². The van der Waals surface area contributed by atoms with Crippen molar-refractivity contribution in [2.45, 2.75) is 26.2 Å². The van der Waals surface area contributed by atoms with E-state index in [0.29, 0.717) is 0 Å². The van der Waals surface area contributed by atoms with Crippen LogP contribution in [0.4, 0.5) is 5.69 Å². The van der Waals surface area contributed by atoms with Crippen molar-refractivity contribution in [1.29, 1.82) is 0 Å². The summed E-state index contributed by atoms with van der Waals surface area (Å²) >= 11 is 0. The Morgan fingerprint density at radius 2 is 2.00 bits per heavy atom. The SMILES string of the molecule is Cc1cnccc1N1CCCCC1. The van der Waals surface area contributed by atoms with Crippen LogP contribution in [0, 0.1) is 6.92 Å². The van der Waals surface area contributed by atoms with Gasteiger partial charge in [-0.3, -0.25) is 4.98 Å². The number of aromatic nitrogens is 1. The van der Waals surface area contributed by atoms with Crippen molar-refractivity contribution in [3.8, 4) is 0 Å². The van der Waals surface area contributed by atoms with E-state index in [1.54, 1.807) is 0 Å². The van der Waals surface area contributed by atoms with E-state index in [-0.39, 0.29) is 0 Å². The smallest absolute Gasteiger partial charge is 0.0426 e. The van der Waals surface area contributed by atoms with Gasteiger partial charge in [-0.2, -0.15) is 0 Å². The molecule has 2 heteroatoms. The fourth-order valence-corrected chi connectivity index (χ4v) is 1.96. The van der Waals surface area contributed by atoms with Crippen molar-refractivity contribution in [2.75, 3.05) is 18.0 Å². The van der Waals surface area contributed by atoms with E-state index < -0.39 is 0 Å². The van der Waals surface area contributed by atoms with Gasteiger partial charge in [-0.05, 0) is 37.8 Å². The highest BCUT2D eigenvalue weighted by Gasteiger charge is 2.11. The molecule has 2 rings (SSSR count). The molecule has 0 radical (unpaired) electrons. The average Bonchev–Trinajstić information content (AvgIpc) is 2.20. The Morgan fingerprint density at radius 3 is 2.69 bits per heavy atom. The fraction of sp³-hybridized carbons (Fsp3) is 0.545. The lowest BCUT2D eigenvalue weighted by Crippen LogP contribution is -2.29. The van der Waals surface area contributed by atoms with Gasteiger partial charge in [0.1, 0.15) is 0 Å². The van der Waals surface area contributed by atoms with Crippen LogP contribution in [0.1, 0.15) is 24.8 Å². The van der Waals surface area contributed by atoms with E-state index in [1.807, 2.05) is 12.4 Å². The van der Waals surface area contributed by atoms with Crippen LogP contribution in [0.25, 0.3) is 0 Å². The summed E-state index contributed by atoms with van der Waals surface area (Å²) in [7, 11) is 0. The maximum absolute atomic E-state index is 4.11. The molecule has 2 nitrogen and oxygen atoms in total. The normalized spacial score (nSPS) is 17.5. The summed E-state index contributed by atoms with van der Waals surface area (Å²) in [5.41, 5.74) is 2.67. The third-order valence-corrected chi connectivity index (χ3v) is 2.69. The van der Waals surface area contributed by atoms with Gasteiger partial charge >= 0.3 is 0 Å². The van der Waals surface area contributed by atoms with Gasteiger partial charge in [0.2, 0.25) is 0 Å². The molecule has 0 bridgehead atoms. The number of hydrogen-bond donors (Lipinski definition) is 0. The van der Waals surface area contributed by atoms with Gasteiger partial charge in [0, 0.05) is 31.2 Å². The quantitative estimate of drug-likeness (QED) is 0.653. The van der Waals surface area contributed by atoms with E-state index in [1.165, 1.54) is 43.6 Å². The molecule has 1 fully saturated rings. The maximum atomic E-state index is 4.11. The Morgan fingerprint density at radius 1 is 1.23 bits per heavy atom. The molecule has 1 aliphatic rings. The molecule has 13 heavy (non-hydrogen) atoms. The monoisotopic (exact) mass is 176 g/mol. The number of hydrogen-bond acceptors (Lipinski definition) is 2. The second kappa shape index (κ2) is 3.77. The molecule has 1 aromatic heterocycles. The van der Waals surface area contributed by atoms with Gasteiger partial charge in [0.05, 0.1) is 0 Å². The van der Waals surface area contributed by atoms with Crippen LogP contribution in [-0.2, 0) is 0 Å². The van der Waals surface area contributed by atoms with Gasteiger partial charge in [0.25, 0.3) is 0 Å². The molecule has 2 heterocycles. The van der Waals surface area contributed by atoms with E-state index in [4.69, 9.17) is 0 Å². The third kappa shape index (κ3) is 1.82. The molecule has 1 aliphatic heterocycles. The van der Waals surface area contributed by atoms with Crippen LogP contribution in [0.2, 0.25) is 0 Å². The first-order valence-electron chi connectivity index (χ1n) is 5.03. The van der Waals surface area contributed by atoms with Crippen molar-refractivity contribution in [3.05, 3.63) is 24.0 Å². The molecule has 0 spiro atoms. The number of rotatable bonds is 1. The second-order valence-corrected chi connectivity index (χ2v) is 3.71. The highest BCUT2D eigenvalue weighted by molar-refractivity contribution is 5.51. The molecule has 0 saturated carbocycles. The Balaban J connectivity index is 2.18. The van der Waals surface area contributed by atoms with Crippen molar-refractivity contribution in [2.24, 2.45) is 0 Å². The molecule has 0 atom stereocenters. The van der Waals surface area contributed by atoms with Crippen LogP contribution in [0.3, 0.4) is 0 Å².